The van der Waals surface area contributed by atoms with E-state index in [1.807, 2.05) is 30.3 Å². The van der Waals surface area contributed by atoms with Gasteiger partial charge in [-0.3, -0.25) is 0 Å². The van der Waals surface area contributed by atoms with Gasteiger partial charge in [-0.15, -0.1) is 0 Å². The van der Waals surface area contributed by atoms with Crippen molar-refractivity contribution in [1.82, 2.24) is 10.3 Å². The number of aromatic nitrogens is 1. The first-order chi connectivity index (χ1) is 9.72. The molecule has 106 valence electrons. The standard InChI is InChI=1S/C15H18N2O3/c1-20-15(19)14-7-6-13(17-14)9-16-8-11-2-4-12(10-18)5-3-11/h2-7,16-18H,8-10H2,1H3. The Balaban J connectivity index is 1.83. The monoisotopic (exact) mass is 274 g/mol. The number of benzene rings is 1. The van der Waals surface area contributed by atoms with E-state index in [-0.39, 0.29) is 12.6 Å². The van der Waals surface area contributed by atoms with Crippen molar-refractivity contribution >= 4 is 5.97 Å². The van der Waals surface area contributed by atoms with Crippen molar-refractivity contribution in [2.24, 2.45) is 0 Å². The van der Waals surface area contributed by atoms with Crippen LogP contribution in [-0.4, -0.2) is 23.2 Å². The maximum Gasteiger partial charge on any atom is 0.354 e. The van der Waals surface area contributed by atoms with Crippen LogP contribution >= 0.6 is 0 Å². The van der Waals surface area contributed by atoms with Crippen molar-refractivity contribution in [2.75, 3.05) is 7.11 Å². The third-order valence-electron chi connectivity index (χ3n) is 3.00. The van der Waals surface area contributed by atoms with Crippen molar-refractivity contribution < 1.29 is 14.6 Å². The van der Waals surface area contributed by atoms with Crippen LogP contribution in [0.25, 0.3) is 0 Å². The molecule has 0 aliphatic heterocycles. The molecular weight excluding hydrogens is 256 g/mol. The van der Waals surface area contributed by atoms with Crippen molar-refractivity contribution in [3.05, 3.63) is 58.9 Å². The number of rotatable bonds is 6. The number of nitrogens with one attached hydrogen (secondary N) is 2. The van der Waals surface area contributed by atoms with E-state index in [4.69, 9.17) is 5.11 Å². The Morgan fingerprint density at radius 2 is 1.85 bits per heavy atom. The highest BCUT2D eigenvalue weighted by molar-refractivity contribution is 5.87. The first-order valence-electron chi connectivity index (χ1n) is 6.38. The van der Waals surface area contributed by atoms with Gasteiger partial charge in [0.2, 0.25) is 0 Å². The minimum atomic E-state index is -0.365. The molecule has 3 N–H and O–H groups in total. The van der Waals surface area contributed by atoms with E-state index in [1.54, 1.807) is 6.07 Å². The van der Waals surface area contributed by atoms with Gasteiger partial charge in [0.25, 0.3) is 0 Å². The number of aromatic amines is 1. The molecule has 20 heavy (non-hydrogen) atoms. The summed E-state index contributed by atoms with van der Waals surface area (Å²) in [4.78, 5) is 14.3. The quantitative estimate of drug-likeness (QED) is 0.699. The maximum absolute atomic E-state index is 11.3. The third kappa shape index (κ3) is 3.69. The highest BCUT2D eigenvalue weighted by Gasteiger charge is 2.07. The van der Waals surface area contributed by atoms with Gasteiger partial charge in [-0.05, 0) is 23.3 Å². The van der Waals surface area contributed by atoms with Gasteiger partial charge in [0.1, 0.15) is 5.69 Å². The van der Waals surface area contributed by atoms with Gasteiger partial charge >= 0.3 is 5.97 Å². The van der Waals surface area contributed by atoms with Gasteiger partial charge < -0.3 is 20.1 Å². The fraction of sp³-hybridized carbons (Fsp3) is 0.267. The zero-order chi connectivity index (χ0) is 14.4. The second kappa shape index (κ2) is 6.88. The summed E-state index contributed by atoms with van der Waals surface area (Å²) < 4.78 is 4.63. The molecule has 5 nitrogen and oxygen atoms in total. The number of methoxy groups -OCH3 is 1. The summed E-state index contributed by atoms with van der Waals surface area (Å²) in [5.74, 6) is -0.365. The summed E-state index contributed by atoms with van der Waals surface area (Å²) >= 11 is 0. The normalized spacial score (nSPS) is 10.5. The molecule has 2 aromatic rings. The van der Waals surface area contributed by atoms with Crippen LogP contribution in [0, 0.1) is 0 Å². The average Bonchev–Trinajstić information content (AvgIpc) is 2.96. The Hall–Kier alpha value is -2.11. The summed E-state index contributed by atoms with van der Waals surface area (Å²) in [6, 6.07) is 11.3. The van der Waals surface area contributed by atoms with Gasteiger partial charge in [0.05, 0.1) is 13.7 Å². The molecule has 0 spiro atoms. The third-order valence-corrected chi connectivity index (χ3v) is 3.00. The Labute approximate surface area is 117 Å². The lowest BCUT2D eigenvalue weighted by atomic mass is 10.1. The second-order valence-corrected chi connectivity index (χ2v) is 4.47. The molecule has 0 amide bonds. The molecule has 1 heterocycles. The molecule has 0 fully saturated rings. The molecule has 0 bridgehead atoms. The smallest absolute Gasteiger partial charge is 0.354 e. The van der Waals surface area contributed by atoms with Crippen molar-refractivity contribution in [1.29, 1.82) is 0 Å². The van der Waals surface area contributed by atoms with Crippen LogP contribution in [0.1, 0.15) is 27.3 Å². The molecule has 2 rings (SSSR count). The van der Waals surface area contributed by atoms with Crippen LogP contribution in [-0.2, 0) is 24.4 Å². The lowest BCUT2D eigenvalue weighted by Gasteiger charge is -2.04. The number of carbonyl (C=O) groups excluding carboxylic acids is 1. The predicted octanol–water partition coefficient (Wildman–Crippen LogP) is 1.58. The van der Waals surface area contributed by atoms with Gasteiger partial charge in [-0.2, -0.15) is 0 Å². The predicted molar refractivity (Wildman–Crippen MR) is 75.0 cm³/mol. The minimum absolute atomic E-state index is 0.0620. The van der Waals surface area contributed by atoms with E-state index >= 15 is 0 Å². The lowest BCUT2D eigenvalue weighted by Crippen LogP contribution is -2.13. The van der Waals surface area contributed by atoms with Gasteiger partial charge in [0.15, 0.2) is 0 Å². The van der Waals surface area contributed by atoms with E-state index in [0.717, 1.165) is 23.4 Å². The molecule has 0 radical (unpaired) electrons. The number of hydrogen-bond donors (Lipinski definition) is 3. The molecule has 0 aliphatic rings. The first-order valence-corrected chi connectivity index (χ1v) is 6.38. The fourth-order valence-corrected chi connectivity index (χ4v) is 1.88. The minimum Gasteiger partial charge on any atom is -0.464 e. The number of H-pyrrole nitrogens is 1. The summed E-state index contributed by atoms with van der Waals surface area (Å²) in [6.45, 7) is 1.42. The molecule has 0 aliphatic carbocycles. The fourth-order valence-electron chi connectivity index (χ4n) is 1.88. The average molecular weight is 274 g/mol. The highest BCUT2D eigenvalue weighted by Crippen LogP contribution is 2.06. The lowest BCUT2D eigenvalue weighted by molar-refractivity contribution is 0.0594. The van der Waals surface area contributed by atoms with Crippen LogP contribution in [0.15, 0.2) is 36.4 Å². The summed E-state index contributed by atoms with van der Waals surface area (Å²) in [7, 11) is 1.36. The molecule has 1 aromatic heterocycles. The number of carbonyl (C=O) groups is 1. The molecule has 5 heteroatoms. The van der Waals surface area contributed by atoms with Crippen LogP contribution < -0.4 is 5.32 Å². The molecule has 1 aromatic carbocycles. The topological polar surface area (TPSA) is 74.3 Å². The summed E-state index contributed by atoms with van der Waals surface area (Å²) in [5, 5.41) is 12.2. The summed E-state index contributed by atoms with van der Waals surface area (Å²) in [5.41, 5.74) is 3.43. The van der Waals surface area contributed by atoms with Crippen molar-refractivity contribution in [2.45, 2.75) is 19.7 Å². The zero-order valence-corrected chi connectivity index (χ0v) is 11.3. The number of aliphatic hydroxyl groups excluding tert-OH is 1. The van der Waals surface area contributed by atoms with Crippen LogP contribution in [0.3, 0.4) is 0 Å². The molecular formula is C15H18N2O3. The van der Waals surface area contributed by atoms with E-state index < -0.39 is 0 Å². The molecule has 0 unspecified atom stereocenters. The van der Waals surface area contributed by atoms with Crippen LogP contribution in [0.5, 0.6) is 0 Å². The van der Waals surface area contributed by atoms with Crippen molar-refractivity contribution in [3.8, 4) is 0 Å². The van der Waals surface area contributed by atoms with Crippen LogP contribution in [0.2, 0.25) is 0 Å². The highest BCUT2D eigenvalue weighted by atomic mass is 16.5. The Kier molecular flexibility index (Phi) is 4.92. The van der Waals surface area contributed by atoms with E-state index in [1.165, 1.54) is 7.11 Å². The molecule has 0 atom stereocenters. The van der Waals surface area contributed by atoms with E-state index in [9.17, 15) is 4.79 Å². The SMILES string of the molecule is COC(=O)c1ccc(CNCc2ccc(CO)cc2)[nH]1. The first kappa shape index (κ1) is 14.3. The van der Waals surface area contributed by atoms with Gasteiger partial charge in [-0.25, -0.2) is 4.79 Å². The van der Waals surface area contributed by atoms with Crippen LogP contribution in [0.4, 0.5) is 0 Å². The Bertz CT molecular complexity index is 561. The van der Waals surface area contributed by atoms with Gasteiger partial charge in [0, 0.05) is 18.8 Å². The van der Waals surface area contributed by atoms with Gasteiger partial charge in [-0.1, -0.05) is 24.3 Å². The van der Waals surface area contributed by atoms with Crippen molar-refractivity contribution in [3.63, 3.8) is 0 Å². The van der Waals surface area contributed by atoms with E-state index in [0.29, 0.717) is 12.2 Å². The Morgan fingerprint density at radius 3 is 2.50 bits per heavy atom. The molecule has 0 saturated carbocycles. The largest absolute Gasteiger partial charge is 0.464 e. The summed E-state index contributed by atoms with van der Waals surface area (Å²) in [6.07, 6.45) is 0. The second-order valence-electron chi connectivity index (χ2n) is 4.47. The zero-order valence-electron chi connectivity index (χ0n) is 11.3. The maximum atomic E-state index is 11.3. The number of esters is 1. The van der Waals surface area contributed by atoms with E-state index in [2.05, 4.69) is 15.0 Å². The number of hydrogen-bond acceptors (Lipinski definition) is 4. The number of ether oxygens (including phenoxy) is 1. The number of aliphatic hydroxyl groups is 1. The Morgan fingerprint density at radius 1 is 1.15 bits per heavy atom. The molecule has 0 saturated heterocycles.